The Morgan fingerprint density at radius 2 is 2.00 bits per heavy atom. The van der Waals surface area contributed by atoms with Crippen LogP contribution in [-0.4, -0.2) is 13.5 Å². The highest BCUT2D eigenvalue weighted by Crippen LogP contribution is 2.25. The van der Waals surface area contributed by atoms with Crippen molar-refractivity contribution in [2.24, 2.45) is 0 Å². The summed E-state index contributed by atoms with van der Waals surface area (Å²) in [7, 11) is -4.89. The van der Waals surface area contributed by atoms with Gasteiger partial charge in [0.1, 0.15) is 10.6 Å². The summed E-state index contributed by atoms with van der Waals surface area (Å²) in [4.78, 5) is -0.803. The normalized spacial score (nSPS) is 11.4. The number of phenols is 1. The zero-order chi connectivity index (χ0) is 9.35. The van der Waals surface area contributed by atoms with Gasteiger partial charge in [0.05, 0.1) is 0 Å². The molecule has 0 bridgehead atoms. The van der Waals surface area contributed by atoms with Gasteiger partial charge in [-0.1, -0.05) is 0 Å². The molecule has 3 N–H and O–H groups in total. The van der Waals surface area contributed by atoms with E-state index in [0.29, 0.717) is 0 Å². The number of phenolic OH excluding ortho intramolecular Hbond substituents is 1. The van der Waals surface area contributed by atoms with E-state index in [-0.39, 0.29) is 5.69 Å². The molecule has 0 unspecified atom stereocenters. The maximum absolute atomic E-state index is 12.3. The summed E-state index contributed by atoms with van der Waals surface area (Å²) < 4.78 is 33.0. The molecule has 0 spiro atoms. The zero-order valence-corrected chi connectivity index (χ0v) is 6.68. The molecule has 0 fully saturated rings. The third kappa shape index (κ3) is 1.65. The molecule has 0 saturated carbocycles. The van der Waals surface area contributed by atoms with Gasteiger partial charge in [0.25, 0.3) is 0 Å². The lowest BCUT2D eigenvalue weighted by atomic mass is 10.3. The molecular weight excluding hydrogens is 185 g/mol. The topological polar surface area (TPSA) is 80.4 Å². The van der Waals surface area contributed by atoms with Crippen molar-refractivity contribution in [3.05, 3.63) is 18.2 Å². The highest BCUT2D eigenvalue weighted by Gasteiger charge is 2.16. The number of benzene rings is 1. The molecule has 0 aliphatic rings. The van der Waals surface area contributed by atoms with Crippen LogP contribution in [0.2, 0.25) is 0 Å². The van der Waals surface area contributed by atoms with E-state index in [9.17, 15) is 12.3 Å². The fraction of sp³-hybridized carbons (Fsp3) is 0. The van der Waals surface area contributed by atoms with Gasteiger partial charge in [-0.15, -0.1) is 3.89 Å². The molecule has 66 valence electrons. The third-order valence-corrected chi connectivity index (χ3v) is 2.10. The van der Waals surface area contributed by atoms with Gasteiger partial charge in [-0.25, -0.2) is 0 Å². The summed E-state index contributed by atoms with van der Waals surface area (Å²) in [6, 6.07) is 3.14. The first-order valence-electron chi connectivity index (χ1n) is 2.94. The average molecular weight is 191 g/mol. The van der Waals surface area contributed by atoms with Gasteiger partial charge in [-0.3, -0.25) is 0 Å². The number of anilines is 1. The molecular formula is C6H6FNO3S. The summed E-state index contributed by atoms with van der Waals surface area (Å²) in [5, 5.41) is 8.90. The molecule has 0 saturated heterocycles. The molecule has 0 atom stereocenters. The van der Waals surface area contributed by atoms with Crippen molar-refractivity contribution in [1.82, 2.24) is 0 Å². The van der Waals surface area contributed by atoms with E-state index >= 15 is 0 Å². The summed E-state index contributed by atoms with van der Waals surface area (Å²) in [5.41, 5.74) is 5.26. The lowest BCUT2D eigenvalue weighted by Gasteiger charge is -1.99. The van der Waals surface area contributed by atoms with Gasteiger partial charge in [-0.2, -0.15) is 8.42 Å². The minimum Gasteiger partial charge on any atom is -0.506 e. The number of halogens is 1. The second-order valence-electron chi connectivity index (χ2n) is 2.17. The van der Waals surface area contributed by atoms with E-state index in [1.165, 1.54) is 6.07 Å². The van der Waals surface area contributed by atoms with Gasteiger partial charge in [-0.05, 0) is 18.2 Å². The Bertz CT molecular complexity index is 401. The molecule has 0 heterocycles. The van der Waals surface area contributed by atoms with Crippen LogP contribution in [0.4, 0.5) is 9.57 Å². The van der Waals surface area contributed by atoms with Crippen LogP contribution < -0.4 is 5.73 Å². The fourth-order valence-electron chi connectivity index (χ4n) is 0.726. The summed E-state index contributed by atoms with van der Waals surface area (Å²) in [5.74, 6) is -0.647. The Balaban J connectivity index is 3.43. The minimum atomic E-state index is -4.89. The highest BCUT2D eigenvalue weighted by atomic mass is 32.3. The monoisotopic (exact) mass is 191 g/mol. The van der Waals surface area contributed by atoms with Crippen molar-refractivity contribution >= 4 is 15.9 Å². The maximum Gasteiger partial charge on any atom is 0.335 e. The van der Waals surface area contributed by atoms with Crippen molar-refractivity contribution in [3.63, 3.8) is 0 Å². The largest absolute Gasteiger partial charge is 0.506 e. The third-order valence-electron chi connectivity index (χ3n) is 1.25. The molecule has 0 aromatic heterocycles. The second-order valence-corrected chi connectivity index (χ2v) is 3.48. The SMILES string of the molecule is Nc1ccc(O)c(S(=O)(=O)F)c1. The van der Waals surface area contributed by atoms with Crippen LogP contribution in [0, 0.1) is 0 Å². The van der Waals surface area contributed by atoms with Gasteiger partial charge in [0, 0.05) is 5.69 Å². The molecule has 12 heavy (non-hydrogen) atoms. The Morgan fingerprint density at radius 1 is 1.42 bits per heavy atom. The summed E-state index contributed by atoms with van der Waals surface area (Å²) in [6.07, 6.45) is 0. The summed E-state index contributed by atoms with van der Waals surface area (Å²) in [6.45, 7) is 0. The van der Waals surface area contributed by atoms with Crippen LogP contribution in [0.15, 0.2) is 23.1 Å². The van der Waals surface area contributed by atoms with Crippen LogP contribution in [0.3, 0.4) is 0 Å². The smallest absolute Gasteiger partial charge is 0.335 e. The Kier molecular flexibility index (Phi) is 1.93. The van der Waals surface area contributed by atoms with Crippen molar-refractivity contribution in [1.29, 1.82) is 0 Å². The Hall–Kier alpha value is -1.30. The van der Waals surface area contributed by atoms with Crippen LogP contribution in [0.1, 0.15) is 0 Å². The molecule has 1 aromatic carbocycles. The zero-order valence-electron chi connectivity index (χ0n) is 5.86. The number of nitrogen functional groups attached to an aromatic ring is 1. The van der Waals surface area contributed by atoms with Gasteiger partial charge in [0.15, 0.2) is 0 Å². The van der Waals surface area contributed by atoms with E-state index < -0.39 is 20.9 Å². The van der Waals surface area contributed by atoms with E-state index in [0.717, 1.165) is 12.1 Å². The lowest BCUT2D eigenvalue weighted by molar-refractivity contribution is 0.455. The Morgan fingerprint density at radius 3 is 2.42 bits per heavy atom. The fourth-order valence-corrected chi connectivity index (χ4v) is 1.32. The van der Waals surface area contributed by atoms with Crippen LogP contribution >= 0.6 is 0 Å². The predicted octanol–water partition coefficient (Wildman–Crippen LogP) is 0.633. The van der Waals surface area contributed by atoms with E-state index in [1.807, 2.05) is 0 Å². The maximum atomic E-state index is 12.3. The number of hydrogen-bond acceptors (Lipinski definition) is 4. The molecule has 6 heteroatoms. The summed E-state index contributed by atoms with van der Waals surface area (Å²) >= 11 is 0. The molecule has 0 aliphatic carbocycles. The van der Waals surface area contributed by atoms with Crippen molar-refractivity contribution in [3.8, 4) is 5.75 Å². The first-order valence-corrected chi connectivity index (χ1v) is 4.33. The van der Waals surface area contributed by atoms with Crippen molar-refractivity contribution in [2.75, 3.05) is 5.73 Å². The van der Waals surface area contributed by atoms with Gasteiger partial charge in [0.2, 0.25) is 0 Å². The molecule has 4 nitrogen and oxygen atoms in total. The number of aromatic hydroxyl groups is 1. The quantitative estimate of drug-likeness (QED) is 0.387. The predicted molar refractivity (Wildman–Crippen MR) is 40.8 cm³/mol. The number of rotatable bonds is 1. The van der Waals surface area contributed by atoms with Crippen LogP contribution in [-0.2, 0) is 10.2 Å². The van der Waals surface area contributed by atoms with Gasteiger partial charge >= 0.3 is 10.2 Å². The standard InChI is InChI=1S/C6H6FNO3S/c7-12(10,11)6-3-4(8)1-2-5(6)9/h1-3,9H,8H2. The molecule has 0 radical (unpaired) electrons. The van der Waals surface area contributed by atoms with Crippen molar-refractivity contribution in [2.45, 2.75) is 4.90 Å². The lowest BCUT2D eigenvalue weighted by Crippen LogP contribution is -1.94. The first-order chi connectivity index (χ1) is 5.41. The molecule has 1 rings (SSSR count). The van der Waals surface area contributed by atoms with Crippen molar-refractivity contribution < 1.29 is 17.4 Å². The highest BCUT2D eigenvalue weighted by molar-refractivity contribution is 7.86. The molecule has 0 aliphatic heterocycles. The number of nitrogens with two attached hydrogens (primary N) is 1. The molecule has 1 aromatic rings. The van der Waals surface area contributed by atoms with Gasteiger partial charge < -0.3 is 10.8 Å². The van der Waals surface area contributed by atoms with Crippen LogP contribution in [0.5, 0.6) is 5.75 Å². The van der Waals surface area contributed by atoms with E-state index in [4.69, 9.17) is 10.8 Å². The number of hydrogen-bond donors (Lipinski definition) is 2. The first kappa shape index (κ1) is 8.79. The molecule has 0 amide bonds. The average Bonchev–Trinajstić information content (AvgIpc) is 1.92. The Labute approximate surface area is 68.7 Å². The van der Waals surface area contributed by atoms with E-state index in [1.54, 1.807) is 0 Å². The minimum absolute atomic E-state index is 0.0732. The van der Waals surface area contributed by atoms with E-state index in [2.05, 4.69) is 0 Å². The van der Waals surface area contributed by atoms with Crippen LogP contribution in [0.25, 0.3) is 0 Å². The second kappa shape index (κ2) is 2.63.